The molecule has 74 valence electrons. The van der Waals surface area contributed by atoms with Crippen molar-refractivity contribution >= 4 is 5.91 Å². The third-order valence-electron chi connectivity index (χ3n) is 3.79. The molecule has 1 N–H and O–H groups in total. The quantitative estimate of drug-likeness (QED) is 0.658. The molecule has 2 heteroatoms. The van der Waals surface area contributed by atoms with Gasteiger partial charge in [0, 0.05) is 13.0 Å². The van der Waals surface area contributed by atoms with Gasteiger partial charge in [-0.25, -0.2) is 0 Å². The molecule has 1 aliphatic carbocycles. The fourth-order valence-electron chi connectivity index (χ4n) is 2.98. The molecule has 2 rings (SSSR count). The summed E-state index contributed by atoms with van der Waals surface area (Å²) in [5.41, 5.74) is 0. The number of carbonyl (C=O) groups excluding carboxylic acids is 1. The molecule has 0 spiro atoms. The van der Waals surface area contributed by atoms with Gasteiger partial charge in [-0.05, 0) is 24.2 Å². The van der Waals surface area contributed by atoms with E-state index in [-0.39, 0.29) is 5.91 Å². The second kappa shape index (κ2) is 3.69. The van der Waals surface area contributed by atoms with Crippen LogP contribution in [0, 0.1) is 17.8 Å². The van der Waals surface area contributed by atoms with E-state index in [2.05, 4.69) is 12.2 Å². The molecule has 2 aliphatic rings. The number of hydrogen-bond acceptors (Lipinski definition) is 1. The van der Waals surface area contributed by atoms with E-state index in [1.807, 2.05) is 0 Å². The van der Waals surface area contributed by atoms with Crippen molar-refractivity contribution in [2.45, 2.75) is 39.0 Å². The second-order valence-corrected chi connectivity index (χ2v) is 4.69. The molecule has 3 atom stereocenters. The Morgan fingerprint density at radius 1 is 1.31 bits per heavy atom. The smallest absolute Gasteiger partial charge is 0.220 e. The maximum atomic E-state index is 11.1. The molecule has 0 radical (unpaired) electrons. The third kappa shape index (κ3) is 1.87. The minimum atomic E-state index is 0.266. The lowest BCUT2D eigenvalue weighted by Crippen LogP contribution is -2.26. The lowest BCUT2D eigenvalue weighted by atomic mass is 9.73. The lowest BCUT2D eigenvalue weighted by molar-refractivity contribution is -0.119. The van der Waals surface area contributed by atoms with Crippen LogP contribution in [0.2, 0.25) is 0 Å². The molecule has 0 aromatic heterocycles. The van der Waals surface area contributed by atoms with Gasteiger partial charge < -0.3 is 5.32 Å². The molecule has 1 amide bonds. The largest absolute Gasteiger partial charge is 0.356 e. The van der Waals surface area contributed by atoms with E-state index in [4.69, 9.17) is 0 Å². The third-order valence-corrected chi connectivity index (χ3v) is 3.79. The summed E-state index contributed by atoms with van der Waals surface area (Å²) in [4.78, 5) is 11.1. The molecule has 1 heterocycles. The normalized spacial score (nSPS) is 40.4. The van der Waals surface area contributed by atoms with E-state index < -0.39 is 0 Å². The highest BCUT2D eigenvalue weighted by atomic mass is 16.1. The van der Waals surface area contributed by atoms with E-state index in [1.165, 1.54) is 25.7 Å². The molecular weight excluding hydrogens is 162 g/mol. The second-order valence-electron chi connectivity index (χ2n) is 4.69. The van der Waals surface area contributed by atoms with Gasteiger partial charge in [-0.15, -0.1) is 0 Å². The van der Waals surface area contributed by atoms with Gasteiger partial charge in [-0.2, -0.15) is 0 Å². The van der Waals surface area contributed by atoms with Crippen LogP contribution in [0.25, 0.3) is 0 Å². The zero-order chi connectivity index (χ0) is 9.26. The van der Waals surface area contributed by atoms with Crippen molar-refractivity contribution in [2.24, 2.45) is 17.8 Å². The minimum absolute atomic E-state index is 0.266. The van der Waals surface area contributed by atoms with Crippen molar-refractivity contribution in [2.75, 3.05) is 6.54 Å². The summed E-state index contributed by atoms with van der Waals surface area (Å²) in [5, 5.41) is 2.95. The fraction of sp³-hybridized carbons (Fsp3) is 0.909. The summed E-state index contributed by atoms with van der Waals surface area (Å²) in [5.74, 6) is 2.56. The standard InChI is InChI=1S/C11H19NO/c1-8-4-2-3-5-10(8)9-6-11(13)12-7-9/h8-10H,2-7H2,1H3,(H,12,13). The van der Waals surface area contributed by atoms with E-state index >= 15 is 0 Å². The van der Waals surface area contributed by atoms with Crippen molar-refractivity contribution < 1.29 is 4.79 Å². The Hall–Kier alpha value is -0.530. The number of hydrogen-bond donors (Lipinski definition) is 1. The monoisotopic (exact) mass is 181 g/mol. The topological polar surface area (TPSA) is 29.1 Å². The molecule has 2 fully saturated rings. The van der Waals surface area contributed by atoms with E-state index in [1.54, 1.807) is 0 Å². The van der Waals surface area contributed by atoms with E-state index in [9.17, 15) is 4.79 Å². The molecule has 1 saturated carbocycles. The molecule has 1 saturated heterocycles. The Morgan fingerprint density at radius 2 is 2.08 bits per heavy atom. The van der Waals surface area contributed by atoms with Crippen LogP contribution in [-0.2, 0) is 4.79 Å². The van der Waals surface area contributed by atoms with Crippen LogP contribution >= 0.6 is 0 Å². The molecule has 1 aliphatic heterocycles. The first kappa shape index (κ1) is 9.04. The molecule has 13 heavy (non-hydrogen) atoms. The van der Waals surface area contributed by atoms with Crippen molar-refractivity contribution in [1.82, 2.24) is 5.32 Å². The van der Waals surface area contributed by atoms with Crippen LogP contribution in [-0.4, -0.2) is 12.5 Å². The Kier molecular flexibility index (Phi) is 2.56. The summed E-state index contributed by atoms with van der Waals surface area (Å²) in [7, 11) is 0. The Labute approximate surface area is 80.1 Å². The SMILES string of the molecule is CC1CCCCC1C1CNC(=O)C1. The first-order valence-electron chi connectivity index (χ1n) is 5.54. The number of carbonyl (C=O) groups is 1. The summed E-state index contributed by atoms with van der Waals surface area (Å²) in [6.07, 6.45) is 6.27. The highest BCUT2D eigenvalue weighted by Crippen LogP contribution is 2.37. The van der Waals surface area contributed by atoms with Gasteiger partial charge in [0.05, 0.1) is 0 Å². The van der Waals surface area contributed by atoms with Crippen molar-refractivity contribution in [3.05, 3.63) is 0 Å². The maximum Gasteiger partial charge on any atom is 0.220 e. The van der Waals surface area contributed by atoms with Gasteiger partial charge in [-0.1, -0.05) is 26.2 Å². The molecule has 3 unspecified atom stereocenters. The Balaban J connectivity index is 1.94. The van der Waals surface area contributed by atoms with E-state index in [0.717, 1.165) is 24.8 Å². The molecule has 0 aromatic rings. The van der Waals surface area contributed by atoms with Crippen LogP contribution in [0.15, 0.2) is 0 Å². The maximum absolute atomic E-state index is 11.1. The lowest BCUT2D eigenvalue weighted by Gasteiger charge is -2.32. The number of nitrogens with one attached hydrogen (secondary N) is 1. The van der Waals surface area contributed by atoms with Gasteiger partial charge in [0.2, 0.25) is 5.91 Å². The first-order chi connectivity index (χ1) is 6.27. The highest BCUT2D eigenvalue weighted by Gasteiger charge is 2.33. The zero-order valence-corrected chi connectivity index (χ0v) is 8.38. The molecule has 0 bridgehead atoms. The van der Waals surface area contributed by atoms with Gasteiger partial charge in [0.1, 0.15) is 0 Å². The average Bonchev–Trinajstić information content (AvgIpc) is 2.53. The first-order valence-corrected chi connectivity index (χ1v) is 5.54. The summed E-state index contributed by atoms with van der Waals surface area (Å²) in [6, 6.07) is 0. The minimum Gasteiger partial charge on any atom is -0.356 e. The van der Waals surface area contributed by atoms with Crippen molar-refractivity contribution in [3.8, 4) is 0 Å². The van der Waals surface area contributed by atoms with Crippen molar-refractivity contribution in [1.29, 1.82) is 0 Å². The van der Waals surface area contributed by atoms with Crippen LogP contribution in [0.5, 0.6) is 0 Å². The summed E-state index contributed by atoms with van der Waals surface area (Å²) in [6.45, 7) is 3.29. The zero-order valence-electron chi connectivity index (χ0n) is 8.38. The predicted molar refractivity (Wildman–Crippen MR) is 52.2 cm³/mol. The van der Waals surface area contributed by atoms with Gasteiger partial charge >= 0.3 is 0 Å². The summed E-state index contributed by atoms with van der Waals surface area (Å²) < 4.78 is 0. The summed E-state index contributed by atoms with van der Waals surface area (Å²) >= 11 is 0. The highest BCUT2D eigenvalue weighted by molar-refractivity contribution is 5.78. The predicted octanol–water partition coefficient (Wildman–Crippen LogP) is 1.95. The van der Waals surface area contributed by atoms with Gasteiger partial charge in [0.15, 0.2) is 0 Å². The average molecular weight is 181 g/mol. The Morgan fingerprint density at radius 3 is 2.69 bits per heavy atom. The molecule has 2 nitrogen and oxygen atoms in total. The number of rotatable bonds is 1. The number of amides is 1. The van der Waals surface area contributed by atoms with E-state index in [0.29, 0.717) is 5.92 Å². The fourth-order valence-corrected chi connectivity index (χ4v) is 2.98. The van der Waals surface area contributed by atoms with Crippen LogP contribution < -0.4 is 5.32 Å². The van der Waals surface area contributed by atoms with Gasteiger partial charge in [-0.3, -0.25) is 4.79 Å². The van der Waals surface area contributed by atoms with Crippen LogP contribution in [0.3, 0.4) is 0 Å². The van der Waals surface area contributed by atoms with Crippen LogP contribution in [0.4, 0.5) is 0 Å². The molecule has 0 aromatic carbocycles. The van der Waals surface area contributed by atoms with Crippen LogP contribution in [0.1, 0.15) is 39.0 Å². The Bertz CT molecular complexity index is 202. The van der Waals surface area contributed by atoms with Crippen molar-refractivity contribution in [3.63, 3.8) is 0 Å². The molecular formula is C11H19NO. The van der Waals surface area contributed by atoms with Gasteiger partial charge in [0.25, 0.3) is 0 Å².